The highest BCUT2D eigenvalue weighted by Crippen LogP contribution is 2.22. The van der Waals surface area contributed by atoms with Crippen molar-refractivity contribution < 1.29 is 9.53 Å². The molecule has 0 aliphatic carbocycles. The van der Waals surface area contributed by atoms with Gasteiger partial charge in [-0.05, 0) is 29.0 Å². The summed E-state index contributed by atoms with van der Waals surface area (Å²) in [5.41, 5.74) is 0.986. The summed E-state index contributed by atoms with van der Waals surface area (Å²) in [7, 11) is 1.83. The van der Waals surface area contributed by atoms with Crippen molar-refractivity contribution in [3.05, 3.63) is 35.1 Å². The van der Waals surface area contributed by atoms with Crippen LogP contribution in [0.25, 0.3) is 10.2 Å². The molecule has 2 aromatic heterocycles. The summed E-state index contributed by atoms with van der Waals surface area (Å²) in [6.07, 6.45) is 1.16. The number of thiazole rings is 1. The van der Waals surface area contributed by atoms with Crippen molar-refractivity contribution in [2.45, 2.75) is 32.5 Å². The van der Waals surface area contributed by atoms with E-state index in [1.54, 1.807) is 20.9 Å². The van der Waals surface area contributed by atoms with Crippen LogP contribution in [0.2, 0.25) is 0 Å². The molecule has 1 aliphatic rings. The largest absolute Gasteiger partial charge is 0.379 e. The number of morpholine rings is 1. The Morgan fingerprint density at radius 2 is 2.10 bits per heavy atom. The molecule has 1 fully saturated rings. The molecule has 10 heteroatoms. The Bertz CT molecular complexity index is 918. The third kappa shape index (κ3) is 5.14. The van der Waals surface area contributed by atoms with Crippen LogP contribution in [-0.2, 0) is 29.2 Å². The summed E-state index contributed by atoms with van der Waals surface area (Å²) in [6.45, 7) is 5.15. The zero-order valence-corrected chi connectivity index (χ0v) is 17.3. The number of hydrogen-bond donors (Lipinski definition) is 0. The fraction of sp³-hybridized carbons (Fsp3) is 0.526. The number of nitrogens with zero attached hydrogens (tertiary/aromatic N) is 7. The molecule has 0 atom stereocenters. The molecule has 1 aliphatic heterocycles. The molecular formula is C19H25N7O2S. The molecule has 0 N–H and O–H groups in total. The summed E-state index contributed by atoms with van der Waals surface area (Å²) in [6, 6.07) is 8.04. The Hall–Kier alpha value is -2.43. The number of benzene rings is 1. The first-order chi connectivity index (χ1) is 14.2. The van der Waals surface area contributed by atoms with Crippen molar-refractivity contribution >= 4 is 27.5 Å². The molecule has 0 spiro atoms. The van der Waals surface area contributed by atoms with E-state index in [0.717, 1.165) is 47.4 Å². The van der Waals surface area contributed by atoms with Gasteiger partial charge in [0.05, 0.1) is 36.5 Å². The average Bonchev–Trinajstić information content (AvgIpc) is 3.34. The van der Waals surface area contributed by atoms with Crippen molar-refractivity contribution in [2.24, 2.45) is 0 Å². The number of aryl methyl sites for hydroxylation is 1. The van der Waals surface area contributed by atoms with Gasteiger partial charge in [0.2, 0.25) is 5.91 Å². The number of hydrogen-bond acceptors (Lipinski definition) is 8. The third-order valence-corrected chi connectivity index (χ3v) is 5.99. The lowest BCUT2D eigenvalue weighted by Gasteiger charge is -2.25. The van der Waals surface area contributed by atoms with Gasteiger partial charge in [0.1, 0.15) is 5.01 Å². The summed E-state index contributed by atoms with van der Waals surface area (Å²) < 4.78 is 8.33. The minimum absolute atomic E-state index is 0.104. The quantitative estimate of drug-likeness (QED) is 0.551. The summed E-state index contributed by atoms with van der Waals surface area (Å²) in [4.78, 5) is 21.1. The van der Waals surface area contributed by atoms with Gasteiger partial charge in [-0.25, -0.2) is 9.67 Å². The highest BCUT2D eigenvalue weighted by Gasteiger charge is 2.16. The number of ether oxygens (including phenoxy) is 1. The molecule has 3 aromatic rings. The summed E-state index contributed by atoms with van der Waals surface area (Å²) in [5.74, 6) is 0.939. The number of fused-ring (bicyclic) bond motifs is 1. The van der Waals surface area contributed by atoms with Crippen molar-refractivity contribution in [3.63, 3.8) is 0 Å². The smallest absolute Gasteiger partial charge is 0.222 e. The van der Waals surface area contributed by atoms with Gasteiger partial charge in [0.25, 0.3) is 0 Å². The number of amides is 1. The van der Waals surface area contributed by atoms with E-state index >= 15 is 0 Å². The molecule has 0 bridgehead atoms. The highest BCUT2D eigenvalue weighted by molar-refractivity contribution is 7.18. The number of para-hydroxylation sites is 1. The molecule has 0 unspecified atom stereocenters. The first-order valence-corrected chi connectivity index (χ1v) is 10.6. The summed E-state index contributed by atoms with van der Waals surface area (Å²) in [5, 5.41) is 13.0. The van der Waals surface area contributed by atoms with Crippen LogP contribution in [0.1, 0.15) is 23.7 Å². The highest BCUT2D eigenvalue weighted by atomic mass is 32.1. The Kier molecular flexibility index (Phi) is 6.43. The van der Waals surface area contributed by atoms with Gasteiger partial charge in [-0.2, -0.15) is 0 Å². The average molecular weight is 416 g/mol. The molecule has 3 heterocycles. The van der Waals surface area contributed by atoms with E-state index in [-0.39, 0.29) is 5.91 Å². The van der Waals surface area contributed by atoms with Gasteiger partial charge in [-0.1, -0.05) is 12.1 Å². The molecular weight excluding hydrogens is 390 g/mol. The number of carbonyl (C=O) groups is 1. The lowest BCUT2D eigenvalue weighted by Crippen LogP contribution is -2.36. The molecule has 1 amide bonds. The van der Waals surface area contributed by atoms with E-state index < -0.39 is 0 Å². The van der Waals surface area contributed by atoms with Crippen LogP contribution in [0.4, 0.5) is 0 Å². The molecule has 0 saturated carbocycles. The second-order valence-electron chi connectivity index (χ2n) is 7.14. The fourth-order valence-corrected chi connectivity index (χ4v) is 4.34. The monoisotopic (exact) mass is 415 g/mol. The van der Waals surface area contributed by atoms with Gasteiger partial charge in [0, 0.05) is 33.1 Å². The first-order valence-electron chi connectivity index (χ1n) is 9.82. The van der Waals surface area contributed by atoms with Crippen LogP contribution in [-0.4, -0.2) is 74.2 Å². The Labute approximate surface area is 173 Å². The number of rotatable bonds is 8. The van der Waals surface area contributed by atoms with Crippen LogP contribution >= 0.6 is 11.3 Å². The van der Waals surface area contributed by atoms with E-state index in [0.29, 0.717) is 32.5 Å². The van der Waals surface area contributed by atoms with E-state index in [2.05, 4.69) is 31.5 Å². The topological polar surface area (TPSA) is 89.3 Å². The second-order valence-corrected chi connectivity index (χ2v) is 8.25. The minimum Gasteiger partial charge on any atom is -0.379 e. The maximum atomic E-state index is 12.5. The summed E-state index contributed by atoms with van der Waals surface area (Å²) >= 11 is 1.63. The van der Waals surface area contributed by atoms with Gasteiger partial charge in [0.15, 0.2) is 5.82 Å². The van der Waals surface area contributed by atoms with Crippen LogP contribution in [0.3, 0.4) is 0 Å². The first kappa shape index (κ1) is 19.9. The lowest BCUT2D eigenvalue weighted by atomic mass is 10.2. The Morgan fingerprint density at radius 1 is 1.28 bits per heavy atom. The van der Waals surface area contributed by atoms with E-state index in [4.69, 9.17) is 4.74 Å². The van der Waals surface area contributed by atoms with Gasteiger partial charge >= 0.3 is 0 Å². The molecule has 1 aromatic carbocycles. The van der Waals surface area contributed by atoms with E-state index in [1.807, 2.05) is 25.2 Å². The standard InChI is InChI=1S/C19H25N7O2S/c1-24(14-18-20-15-5-2-3-6-16(15)29-18)19(27)7-4-8-26-17(21-22-23-26)13-25-9-11-28-12-10-25/h2-3,5-6H,4,7-14H2,1H3. The van der Waals surface area contributed by atoms with Crippen molar-refractivity contribution in [2.75, 3.05) is 33.4 Å². The zero-order chi connectivity index (χ0) is 20.1. The van der Waals surface area contributed by atoms with Crippen LogP contribution in [0.15, 0.2) is 24.3 Å². The normalized spacial score (nSPS) is 15.1. The maximum absolute atomic E-state index is 12.5. The zero-order valence-electron chi connectivity index (χ0n) is 16.5. The Morgan fingerprint density at radius 3 is 2.93 bits per heavy atom. The van der Waals surface area contributed by atoms with Crippen molar-refractivity contribution in [1.82, 2.24) is 35.0 Å². The van der Waals surface area contributed by atoms with Gasteiger partial charge in [-0.15, -0.1) is 16.4 Å². The third-order valence-electron chi connectivity index (χ3n) is 4.97. The van der Waals surface area contributed by atoms with E-state index in [1.165, 1.54) is 0 Å². The molecule has 4 rings (SSSR count). The fourth-order valence-electron chi connectivity index (χ4n) is 3.32. The molecule has 154 valence electrons. The lowest BCUT2D eigenvalue weighted by molar-refractivity contribution is -0.130. The predicted molar refractivity (Wildman–Crippen MR) is 109 cm³/mol. The SMILES string of the molecule is CN(Cc1nc2ccccc2s1)C(=O)CCCn1nnnc1CN1CCOCC1. The van der Waals surface area contributed by atoms with Crippen LogP contribution in [0.5, 0.6) is 0 Å². The van der Waals surface area contributed by atoms with Crippen molar-refractivity contribution in [3.8, 4) is 0 Å². The van der Waals surface area contributed by atoms with Crippen LogP contribution in [0, 0.1) is 0 Å². The number of carbonyl (C=O) groups excluding carboxylic acids is 1. The maximum Gasteiger partial charge on any atom is 0.222 e. The van der Waals surface area contributed by atoms with Crippen LogP contribution < -0.4 is 0 Å². The molecule has 9 nitrogen and oxygen atoms in total. The predicted octanol–water partition coefficient (Wildman–Crippen LogP) is 1.55. The number of tetrazole rings is 1. The van der Waals surface area contributed by atoms with Crippen molar-refractivity contribution in [1.29, 1.82) is 0 Å². The van der Waals surface area contributed by atoms with Gasteiger partial charge < -0.3 is 9.64 Å². The van der Waals surface area contributed by atoms with E-state index in [9.17, 15) is 4.79 Å². The van der Waals surface area contributed by atoms with Gasteiger partial charge in [-0.3, -0.25) is 9.69 Å². The molecule has 29 heavy (non-hydrogen) atoms. The number of aromatic nitrogens is 5. The molecule has 0 radical (unpaired) electrons. The molecule has 1 saturated heterocycles. The Balaban J connectivity index is 1.25. The minimum atomic E-state index is 0.104. The second kappa shape index (κ2) is 9.38.